The molecule has 0 aliphatic carbocycles. The lowest BCUT2D eigenvalue weighted by molar-refractivity contribution is -0.135. The number of amides is 2. The Labute approximate surface area is 169 Å². The quantitative estimate of drug-likeness (QED) is 0.723. The van der Waals surface area contributed by atoms with Gasteiger partial charge in [0.1, 0.15) is 6.04 Å². The number of rotatable bonds is 5. The third kappa shape index (κ3) is 4.06. The van der Waals surface area contributed by atoms with Crippen LogP contribution in [0.4, 0.5) is 5.69 Å². The lowest BCUT2D eigenvalue weighted by Crippen LogP contribution is -2.37. The molecule has 2 amide bonds. The summed E-state index contributed by atoms with van der Waals surface area (Å²) in [6.07, 6.45) is 4.96. The monoisotopic (exact) mass is 392 g/mol. The average molecular weight is 392 g/mol. The average Bonchev–Trinajstić information content (AvgIpc) is 3.35. The summed E-state index contributed by atoms with van der Waals surface area (Å²) in [5.41, 5.74) is 1.95. The molecule has 0 fully saturated rings. The zero-order chi connectivity index (χ0) is 20.2. The Morgan fingerprint density at radius 3 is 2.72 bits per heavy atom. The van der Waals surface area contributed by atoms with E-state index in [4.69, 9.17) is 0 Å². The fraction of sp³-hybridized carbons (Fsp3) is 0.333. The first-order chi connectivity index (χ1) is 14.2. The van der Waals surface area contributed by atoms with E-state index in [1.165, 1.54) is 0 Å². The molecular formula is C21H24N6O2. The number of aromatic nitrogens is 4. The van der Waals surface area contributed by atoms with Crippen LogP contribution in [0.5, 0.6) is 0 Å². The summed E-state index contributed by atoms with van der Waals surface area (Å²) in [4.78, 5) is 27.5. The Kier molecular flexibility index (Phi) is 5.41. The van der Waals surface area contributed by atoms with Crippen LogP contribution in [-0.2, 0) is 17.9 Å². The number of aryl methyl sites for hydroxylation is 1. The van der Waals surface area contributed by atoms with E-state index in [2.05, 4.69) is 15.5 Å². The predicted molar refractivity (Wildman–Crippen MR) is 108 cm³/mol. The summed E-state index contributed by atoms with van der Waals surface area (Å²) in [5, 5.41) is 11.6. The van der Waals surface area contributed by atoms with Gasteiger partial charge in [-0.3, -0.25) is 19.0 Å². The van der Waals surface area contributed by atoms with Crippen LogP contribution >= 0.6 is 0 Å². The van der Waals surface area contributed by atoms with Crippen molar-refractivity contribution < 1.29 is 9.59 Å². The molecule has 3 aromatic rings. The van der Waals surface area contributed by atoms with Gasteiger partial charge in [0.05, 0.1) is 12.2 Å². The largest absolute Gasteiger partial charge is 0.335 e. The molecule has 0 unspecified atom stereocenters. The van der Waals surface area contributed by atoms with Gasteiger partial charge in [-0.2, -0.15) is 10.2 Å². The Balaban J connectivity index is 1.50. The molecule has 8 heteroatoms. The van der Waals surface area contributed by atoms with Gasteiger partial charge in [-0.15, -0.1) is 0 Å². The Hall–Kier alpha value is -3.42. The SMILES string of the molecule is CC[C@@H](C(=O)N1CCCn2nc(C(=O)Nc3ccccc3)cc2C1)n1cccn1. The standard InChI is InChI=1S/C21H24N6O2/c1-2-19(27-12-6-10-22-27)21(29)25-11-7-13-26-17(15-25)14-18(24-26)20(28)23-16-8-4-3-5-9-16/h3-6,8-10,12,14,19H,2,7,11,13,15H2,1H3,(H,23,28)/t19-/m0/s1. The minimum absolute atomic E-state index is 0.0427. The van der Waals surface area contributed by atoms with Crippen molar-refractivity contribution >= 4 is 17.5 Å². The van der Waals surface area contributed by atoms with Gasteiger partial charge in [0.15, 0.2) is 5.69 Å². The minimum Gasteiger partial charge on any atom is -0.335 e. The summed E-state index contributed by atoms with van der Waals surface area (Å²) in [5.74, 6) is -0.209. The van der Waals surface area contributed by atoms with Crippen LogP contribution in [0.25, 0.3) is 0 Å². The normalized spacial score (nSPS) is 14.7. The van der Waals surface area contributed by atoms with Crippen molar-refractivity contribution in [1.82, 2.24) is 24.5 Å². The minimum atomic E-state index is -0.319. The maximum absolute atomic E-state index is 13.1. The predicted octanol–water partition coefficient (Wildman–Crippen LogP) is 2.72. The van der Waals surface area contributed by atoms with E-state index in [0.717, 1.165) is 17.8 Å². The number of carbonyl (C=O) groups excluding carboxylic acids is 2. The Bertz CT molecular complexity index is 980. The number of nitrogens with one attached hydrogen (secondary N) is 1. The fourth-order valence-electron chi connectivity index (χ4n) is 3.63. The summed E-state index contributed by atoms with van der Waals surface area (Å²) >= 11 is 0. The second-order valence-electron chi connectivity index (χ2n) is 7.09. The summed E-state index contributed by atoms with van der Waals surface area (Å²) < 4.78 is 3.55. The highest BCUT2D eigenvalue weighted by molar-refractivity contribution is 6.02. The van der Waals surface area contributed by atoms with E-state index in [1.807, 2.05) is 59.1 Å². The molecule has 29 heavy (non-hydrogen) atoms. The highest BCUT2D eigenvalue weighted by atomic mass is 16.2. The van der Waals surface area contributed by atoms with Gasteiger partial charge < -0.3 is 10.2 Å². The van der Waals surface area contributed by atoms with Crippen molar-refractivity contribution in [3.05, 3.63) is 66.2 Å². The number of hydrogen-bond acceptors (Lipinski definition) is 4. The van der Waals surface area contributed by atoms with Gasteiger partial charge in [-0.05, 0) is 37.1 Å². The van der Waals surface area contributed by atoms with Crippen LogP contribution in [-0.4, -0.2) is 42.8 Å². The number of carbonyl (C=O) groups is 2. The van der Waals surface area contributed by atoms with Crippen LogP contribution < -0.4 is 5.32 Å². The van der Waals surface area contributed by atoms with Gasteiger partial charge in [-0.25, -0.2) is 0 Å². The third-order valence-electron chi connectivity index (χ3n) is 5.11. The molecular weight excluding hydrogens is 368 g/mol. The third-order valence-corrected chi connectivity index (χ3v) is 5.11. The van der Waals surface area contributed by atoms with E-state index in [9.17, 15) is 9.59 Å². The van der Waals surface area contributed by atoms with Crippen molar-refractivity contribution in [1.29, 1.82) is 0 Å². The Morgan fingerprint density at radius 1 is 1.17 bits per heavy atom. The van der Waals surface area contributed by atoms with Gasteiger partial charge in [0, 0.05) is 31.2 Å². The van der Waals surface area contributed by atoms with E-state index in [-0.39, 0.29) is 17.9 Å². The van der Waals surface area contributed by atoms with Crippen molar-refractivity contribution in [3.8, 4) is 0 Å². The molecule has 1 aromatic carbocycles. The summed E-state index contributed by atoms with van der Waals surface area (Å²) in [6.45, 7) is 3.75. The van der Waals surface area contributed by atoms with Crippen molar-refractivity contribution in [3.63, 3.8) is 0 Å². The first kappa shape index (κ1) is 18.9. The molecule has 8 nitrogen and oxygen atoms in total. The maximum Gasteiger partial charge on any atom is 0.276 e. The molecule has 0 spiro atoms. The van der Waals surface area contributed by atoms with Crippen molar-refractivity contribution in [2.24, 2.45) is 0 Å². The number of benzene rings is 1. The number of fused-ring (bicyclic) bond motifs is 1. The molecule has 1 atom stereocenters. The zero-order valence-corrected chi connectivity index (χ0v) is 16.4. The lowest BCUT2D eigenvalue weighted by atomic mass is 10.2. The molecule has 4 rings (SSSR count). The van der Waals surface area contributed by atoms with E-state index in [0.29, 0.717) is 31.7 Å². The maximum atomic E-state index is 13.1. The molecule has 150 valence electrons. The summed E-state index contributed by atoms with van der Waals surface area (Å²) in [7, 11) is 0. The molecule has 1 N–H and O–H groups in total. The molecule has 1 aliphatic rings. The molecule has 0 radical (unpaired) electrons. The highest BCUT2D eigenvalue weighted by Crippen LogP contribution is 2.20. The second kappa shape index (κ2) is 8.30. The van der Waals surface area contributed by atoms with Crippen molar-refractivity contribution in [2.75, 3.05) is 11.9 Å². The first-order valence-electron chi connectivity index (χ1n) is 9.86. The number of nitrogens with zero attached hydrogens (tertiary/aromatic N) is 5. The first-order valence-corrected chi connectivity index (χ1v) is 9.86. The van der Waals surface area contributed by atoms with E-state index < -0.39 is 0 Å². The van der Waals surface area contributed by atoms with Gasteiger partial charge in [0.25, 0.3) is 5.91 Å². The zero-order valence-electron chi connectivity index (χ0n) is 16.4. The molecule has 0 bridgehead atoms. The van der Waals surface area contributed by atoms with Crippen molar-refractivity contribution in [2.45, 2.75) is 38.9 Å². The number of hydrogen-bond donors (Lipinski definition) is 1. The second-order valence-corrected chi connectivity index (χ2v) is 7.09. The van der Waals surface area contributed by atoms with Crippen LogP contribution in [0, 0.1) is 0 Å². The van der Waals surface area contributed by atoms with Gasteiger partial charge in [-0.1, -0.05) is 25.1 Å². The fourth-order valence-corrected chi connectivity index (χ4v) is 3.63. The molecule has 1 aliphatic heterocycles. The lowest BCUT2D eigenvalue weighted by Gasteiger charge is -2.25. The summed E-state index contributed by atoms with van der Waals surface area (Å²) in [6, 6.07) is 12.6. The molecule has 0 saturated carbocycles. The molecule has 0 saturated heterocycles. The van der Waals surface area contributed by atoms with Gasteiger partial charge >= 0.3 is 0 Å². The van der Waals surface area contributed by atoms with E-state index in [1.54, 1.807) is 16.9 Å². The van der Waals surface area contributed by atoms with E-state index >= 15 is 0 Å². The topological polar surface area (TPSA) is 85.0 Å². The Morgan fingerprint density at radius 2 is 2.00 bits per heavy atom. The molecule has 3 heterocycles. The highest BCUT2D eigenvalue weighted by Gasteiger charge is 2.28. The van der Waals surface area contributed by atoms with Gasteiger partial charge in [0.2, 0.25) is 5.91 Å². The van der Waals surface area contributed by atoms with Crippen LogP contribution in [0.2, 0.25) is 0 Å². The number of para-hydroxylation sites is 1. The van der Waals surface area contributed by atoms with Crippen LogP contribution in [0.1, 0.15) is 42.0 Å². The van der Waals surface area contributed by atoms with Crippen LogP contribution in [0.15, 0.2) is 54.9 Å². The van der Waals surface area contributed by atoms with Crippen LogP contribution in [0.3, 0.4) is 0 Å². The number of anilines is 1. The molecule has 2 aromatic heterocycles. The smallest absolute Gasteiger partial charge is 0.276 e.